The number of thiocarbonyl (C=S) groups is 1. The maximum atomic E-state index is 13.2. The molecule has 140 valence electrons. The zero-order chi connectivity index (χ0) is 19.8. The minimum atomic E-state index is -0.375. The molecule has 4 rings (SSSR count). The van der Waals surface area contributed by atoms with Gasteiger partial charge in [0, 0.05) is 5.56 Å². The SMILES string of the molecule is Cc1nn(-c2ccccc2)c(Cl)c1C=C1SC(=S)N(c2ccc(F)cc2)C1=O. The number of hydrogen-bond acceptors (Lipinski definition) is 4. The van der Waals surface area contributed by atoms with Crippen LogP contribution in [0.1, 0.15) is 11.3 Å². The Kier molecular flexibility index (Phi) is 5.05. The number of aromatic nitrogens is 2. The molecule has 28 heavy (non-hydrogen) atoms. The number of hydrogen-bond donors (Lipinski definition) is 0. The van der Waals surface area contributed by atoms with Gasteiger partial charge in [0.15, 0.2) is 4.32 Å². The van der Waals surface area contributed by atoms with Gasteiger partial charge in [-0.2, -0.15) is 5.10 Å². The van der Waals surface area contributed by atoms with Crippen molar-refractivity contribution in [1.82, 2.24) is 9.78 Å². The molecule has 0 N–H and O–H groups in total. The van der Waals surface area contributed by atoms with Crippen molar-refractivity contribution in [3.8, 4) is 5.69 Å². The van der Waals surface area contributed by atoms with Crippen molar-refractivity contribution in [2.24, 2.45) is 0 Å². The molecule has 2 heterocycles. The predicted octanol–water partition coefficient (Wildman–Crippen LogP) is 5.38. The third-order valence-electron chi connectivity index (χ3n) is 4.20. The average molecular weight is 430 g/mol. The van der Waals surface area contributed by atoms with Crippen LogP contribution in [-0.2, 0) is 4.79 Å². The first-order valence-corrected chi connectivity index (χ1v) is 9.90. The molecule has 1 aliphatic heterocycles. The summed E-state index contributed by atoms with van der Waals surface area (Å²) in [4.78, 5) is 14.7. The molecule has 4 nitrogen and oxygen atoms in total. The first-order valence-electron chi connectivity index (χ1n) is 8.30. The fraction of sp³-hybridized carbons (Fsp3) is 0.0500. The van der Waals surface area contributed by atoms with Crippen LogP contribution in [0, 0.1) is 12.7 Å². The van der Waals surface area contributed by atoms with Crippen LogP contribution in [0.15, 0.2) is 59.5 Å². The van der Waals surface area contributed by atoms with Crippen LogP contribution in [0.2, 0.25) is 5.15 Å². The van der Waals surface area contributed by atoms with Crippen molar-refractivity contribution in [3.63, 3.8) is 0 Å². The topological polar surface area (TPSA) is 38.1 Å². The number of carbonyl (C=O) groups is 1. The molecule has 0 bridgehead atoms. The Hall–Kier alpha value is -2.48. The highest BCUT2D eigenvalue weighted by Gasteiger charge is 2.34. The van der Waals surface area contributed by atoms with E-state index in [1.807, 2.05) is 37.3 Å². The molecular weight excluding hydrogens is 417 g/mol. The van der Waals surface area contributed by atoms with Crippen LogP contribution in [0.3, 0.4) is 0 Å². The summed E-state index contributed by atoms with van der Waals surface area (Å²) >= 11 is 13.1. The molecule has 1 aromatic heterocycles. The van der Waals surface area contributed by atoms with Crippen molar-refractivity contribution in [2.45, 2.75) is 6.92 Å². The molecule has 2 aromatic carbocycles. The Morgan fingerprint density at radius 2 is 1.79 bits per heavy atom. The van der Waals surface area contributed by atoms with E-state index in [0.717, 1.165) is 5.69 Å². The molecule has 0 atom stereocenters. The van der Waals surface area contributed by atoms with Crippen LogP contribution in [0.4, 0.5) is 10.1 Å². The van der Waals surface area contributed by atoms with Crippen LogP contribution in [0.5, 0.6) is 0 Å². The number of nitrogens with zero attached hydrogens (tertiary/aromatic N) is 3. The number of halogens is 2. The Balaban J connectivity index is 1.70. The zero-order valence-corrected chi connectivity index (χ0v) is 17.0. The van der Waals surface area contributed by atoms with E-state index in [0.29, 0.717) is 31.3 Å². The molecule has 0 radical (unpaired) electrons. The van der Waals surface area contributed by atoms with Gasteiger partial charge in [-0.05, 0) is 49.4 Å². The summed E-state index contributed by atoms with van der Waals surface area (Å²) in [6.45, 7) is 1.83. The maximum Gasteiger partial charge on any atom is 0.270 e. The van der Waals surface area contributed by atoms with E-state index in [4.69, 9.17) is 23.8 Å². The zero-order valence-electron chi connectivity index (χ0n) is 14.6. The van der Waals surface area contributed by atoms with Gasteiger partial charge >= 0.3 is 0 Å². The van der Waals surface area contributed by atoms with Crippen molar-refractivity contribution >= 4 is 57.6 Å². The summed E-state index contributed by atoms with van der Waals surface area (Å²) in [5, 5.41) is 4.90. The minimum Gasteiger partial charge on any atom is -0.268 e. The quantitative estimate of drug-likeness (QED) is 0.414. The lowest BCUT2D eigenvalue weighted by Crippen LogP contribution is -2.27. The van der Waals surface area contributed by atoms with Crippen molar-refractivity contribution in [2.75, 3.05) is 4.90 Å². The summed E-state index contributed by atoms with van der Waals surface area (Å²) in [5.41, 5.74) is 2.70. The van der Waals surface area contributed by atoms with Gasteiger partial charge in [0.1, 0.15) is 11.0 Å². The Labute approximate surface area is 175 Å². The Morgan fingerprint density at radius 1 is 1.11 bits per heavy atom. The highest BCUT2D eigenvalue weighted by atomic mass is 35.5. The van der Waals surface area contributed by atoms with E-state index in [-0.39, 0.29) is 11.7 Å². The van der Waals surface area contributed by atoms with Gasteiger partial charge in [-0.15, -0.1) is 0 Å². The van der Waals surface area contributed by atoms with Crippen LogP contribution in [-0.4, -0.2) is 20.0 Å². The summed E-state index contributed by atoms with van der Waals surface area (Å²) in [6.07, 6.45) is 1.70. The van der Waals surface area contributed by atoms with Crippen molar-refractivity contribution in [3.05, 3.63) is 81.7 Å². The molecular formula is C20H13ClFN3OS2. The second kappa shape index (κ2) is 7.50. The smallest absolute Gasteiger partial charge is 0.268 e. The van der Waals surface area contributed by atoms with Gasteiger partial charge in [0.05, 0.1) is 22.0 Å². The molecule has 1 amide bonds. The number of carbonyl (C=O) groups excluding carboxylic acids is 1. The lowest BCUT2D eigenvalue weighted by atomic mass is 10.2. The number of aryl methyl sites for hydroxylation is 1. The second-order valence-corrected chi connectivity index (χ2v) is 8.06. The summed E-state index contributed by atoms with van der Waals surface area (Å²) in [5.74, 6) is -0.648. The van der Waals surface area contributed by atoms with E-state index < -0.39 is 0 Å². The third kappa shape index (κ3) is 3.37. The van der Waals surface area contributed by atoms with Gasteiger partial charge in [0.25, 0.3) is 5.91 Å². The largest absolute Gasteiger partial charge is 0.270 e. The molecule has 3 aromatic rings. The standard InChI is InChI=1S/C20H13ClFN3OS2/c1-12-16(18(21)25(23-12)15-5-3-2-4-6-15)11-17-19(26)24(20(27)28-17)14-9-7-13(22)8-10-14/h2-11H,1H3. The molecule has 1 aliphatic rings. The van der Waals surface area contributed by atoms with E-state index in [9.17, 15) is 9.18 Å². The third-order valence-corrected chi connectivity index (χ3v) is 5.87. The number of anilines is 1. The van der Waals surface area contributed by atoms with E-state index in [2.05, 4.69) is 5.10 Å². The second-order valence-electron chi connectivity index (χ2n) is 6.03. The number of para-hydroxylation sites is 1. The van der Waals surface area contributed by atoms with Gasteiger partial charge in [0.2, 0.25) is 0 Å². The fourth-order valence-electron chi connectivity index (χ4n) is 2.83. The molecule has 1 saturated heterocycles. The van der Waals surface area contributed by atoms with E-state index >= 15 is 0 Å². The highest BCUT2D eigenvalue weighted by molar-refractivity contribution is 8.27. The summed E-state index contributed by atoms with van der Waals surface area (Å²) in [6, 6.07) is 15.1. The predicted molar refractivity (Wildman–Crippen MR) is 115 cm³/mol. The van der Waals surface area contributed by atoms with Crippen molar-refractivity contribution < 1.29 is 9.18 Å². The number of thioether (sulfide) groups is 1. The minimum absolute atomic E-state index is 0.274. The highest BCUT2D eigenvalue weighted by Crippen LogP contribution is 2.37. The number of amides is 1. The molecule has 0 unspecified atom stereocenters. The molecule has 0 aliphatic carbocycles. The molecule has 0 spiro atoms. The average Bonchev–Trinajstić information content (AvgIpc) is 3.13. The summed E-state index contributed by atoms with van der Waals surface area (Å²) < 4.78 is 15.2. The van der Waals surface area contributed by atoms with Gasteiger partial charge in [-0.3, -0.25) is 9.69 Å². The first kappa shape index (κ1) is 18.9. The number of benzene rings is 2. The van der Waals surface area contributed by atoms with Crippen LogP contribution in [0.25, 0.3) is 11.8 Å². The molecule has 0 saturated carbocycles. The fourth-order valence-corrected chi connectivity index (χ4v) is 4.43. The lowest BCUT2D eigenvalue weighted by Gasteiger charge is -2.14. The Bertz CT molecular complexity index is 1110. The van der Waals surface area contributed by atoms with E-state index in [1.54, 1.807) is 10.8 Å². The van der Waals surface area contributed by atoms with Gasteiger partial charge in [-0.25, -0.2) is 9.07 Å². The van der Waals surface area contributed by atoms with Gasteiger partial charge < -0.3 is 0 Å². The molecule has 1 fully saturated rings. The summed E-state index contributed by atoms with van der Waals surface area (Å²) in [7, 11) is 0. The molecule has 8 heteroatoms. The van der Waals surface area contributed by atoms with Crippen LogP contribution < -0.4 is 4.90 Å². The number of rotatable bonds is 3. The monoisotopic (exact) mass is 429 g/mol. The first-order chi connectivity index (χ1) is 13.5. The lowest BCUT2D eigenvalue weighted by molar-refractivity contribution is -0.113. The van der Waals surface area contributed by atoms with Crippen LogP contribution >= 0.6 is 35.6 Å². The Morgan fingerprint density at radius 3 is 2.46 bits per heavy atom. The van der Waals surface area contributed by atoms with E-state index in [1.165, 1.54) is 40.9 Å². The normalized spacial score (nSPS) is 15.7. The maximum absolute atomic E-state index is 13.2. The van der Waals surface area contributed by atoms with Gasteiger partial charge in [-0.1, -0.05) is 53.8 Å². The van der Waals surface area contributed by atoms with Crippen molar-refractivity contribution in [1.29, 1.82) is 0 Å².